The zero-order valence-corrected chi connectivity index (χ0v) is 24.3. The van der Waals surface area contributed by atoms with Gasteiger partial charge in [0.1, 0.15) is 22.8 Å². The van der Waals surface area contributed by atoms with Crippen LogP contribution in [0, 0.1) is 0 Å². The lowest BCUT2D eigenvalue weighted by Crippen LogP contribution is -2.31. The summed E-state index contributed by atoms with van der Waals surface area (Å²) in [7, 11) is 2.98. The number of hydrogen-bond acceptors (Lipinski definition) is 5. The molecule has 7 heteroatoms. The van der Waals surface area contributed by atoms with Crippen molar-refractivity contribution in [2.45, 2.75) is 38.6 Å². The van der Waals surface area contributed by atoms with Gasteiger partial charge in [0.2, 0.25) is 0 Å². The number of carbonyl (C=O) groups excluding carboxylic acids is 1. The quantitative estimate of drug-likeness (QED) is 0.153. The summed E-state index contributed by atoms with van der Waals surface area (Å²) in [5.74, 6) is -0.110. The minimum absolute atomic E-state index is 0.189. The summed E-state index contributed by atoms with van der Waals surface area (Å²) in [5, 5.41) is 12.6. The molecule has 0 saturated carbocycles. The molecule has 0 saturated heterocycles. The highest BCUT2D eigenvalue weighted by molar-refractivity contribution is 6.02. The summed E-state index contributed by atoms with van der Waals surface area (Å²) in [4.78, 5) is 25.6. The molecule has 4 aromatic rings. The van der Waals surface area contributed by atoms with Gasteiger partial charge in [-0.3, -0.25) is 9.59 Å². The van der Waals surface area contributed by atoms with E-state index in [1.807, 2.05) is 84.9 Å². The van der Waals surface area contributed by atoms with E-state index in [1.54, 1.807) is 6.07 Å². The molecule has 7 nitrogen and oxygen atoms in total. The van der Waals surface area contributed by atoms with Crippen LogP contribution in [0.4, 0.5) is 0 Å². The molecule has 1 amide bonds. The Bertz CT molecular complexity index is 1470. The number of benzene rings is 4. The lowest BCUT2D eigenvalue weighted by Gasteiger charge is -2.21. The first kappa shape index (κ1) is 30.2. The van der Waals surface area contributed by atoms with Crippen LogP contribution >= 0.6 is 0 Å². The summed E-state index contributed by atoms with van der Waals surface area (Å²) in [6.45, 7) is 2.82. The van der Waals surface area contributed by atoms with Crippen LogP contribution in [0.15, 0.2) is 91.0 Å². The van der Waals surface area contributed by atoms with Crippen LogP contribution < -0.4 is 19.5 Å². The smallest absolute Gasteiger partial charge is 0.305 e. The largest absolute Gasteiger partial charge is 0.496 e. The summed E-state index contributed by atoms with van der Waals surface area (Å²) in [6.07, 6.45) is 2.97. The molecule has 1 atom stereocenters. The van der Waals surface area contributed by atoms with Gasteiger partial charge in [-0.25, -0.2) is 0 Å². The van der Waals surface area contributed by atoms with Gasteiger partial charge in [-0.05, 0) is 52.9 Å². The number of carboxylic acids is 1. The van der Waals surface area contributed by atoms with Crippen molar-refractivity contribution in [1.29, 1.82) is 0 Å². The maximum Gasteiger partial charge on any atom is 0.305 e. The van der Waals surface area contributed by atoms with Crippen molar-refractivity contribution in [2.24, 2.45) is 0 Å². The Kier molecular flexibility index (Phi) is 10.6. The van der Waals surface area contributed by atoms with E-state index in [2.05, 4.69) is 12.2 Å². The van der Waals surface area contributed by atoms with Crippen LogP contribution in [-0.4, -0.2) is 37.8 Å². The Morgan fingerprint density at radius 1 is 0.786 bits per heavy atom. The number of rotatable bonds is 14. The molecule has 0 spiro atoms. The Hall–Kier alpha value is -4.78. The van der Waals surface area contributed by atoms with Crippen LogP contribution in [0.3, 0.4) is 0 Å². The first-order valence-corrected chi connectivity index (χ1v) is 14.1. The molecule has 4 rings (SSSR count). The number of ether oxygens (including phenoxy) is 3. The van der Waals surface area contributed by atoms with Crippen molar-refractivity contribution in [3.63, 3.8) is 0 Å². The third-order valence-electron chi connectivity index (χ3n) is 7.06. The van der Waals surface area contributed by atoms with E-state index in [1.165, 1.54) is 14.2 Å². The number of amides is 1. The van der Waals surface area contributed by atoms with Crippen LogP contribution in [0.2, 0.25) is 0 Å². The molecule has 0 aliphatic carbocycles. The number of nitrogens with one attached hydrogen (secondary N) is 1. The number of unbranched alkanes of at least 4 members (excludes halogenated alkanes) is 2. The molecule has 218 valence electrons. The molecule has 42 heavy (non-hydrogen) atoms. The normalized spacial score (nSPS) is 11.4. The van der Waals surface area contributed by atoms with Crippen molar-refractivity contribution in [2.75, 3.05) is 20.8 Å². The minimum Gasteiger partial charge on any atom is -0.496 e. The maximum absolute atomic E-state index is 13.8. The Balaban J connectivity index is 1.61. The minimum atomic E-state index is -1.03. The number of aliphatic carboxylic acids is 1. The molecular formula is C35H37NO6. The fourth-order valence-corrected chi connectivity index (χ4v) is 4.86. The predicted octanol–water partition coefficient (Wildman–Crippen LogP) is 7.55. The zero-order valence-electron chi connectivity index (χ0n) is 24.3. The van der Waals surface area contributed by atoms with E-state index < -0.39 is 17.9 Å². The molecular weight excluding hydrogens is 530 g/mol. The van der Waals surface area contributed by atoms with Crippen molar-refractivity contribution < 1.29 is 28.9 Å². The molecule has 0 unspecified atom stereocenters. The van der Waals surface area contributed by atoms with Crippen LogP contribution in [0.25, 0.3) is 22.3 Å². The Labute approximate surface area is 247 Å². The van der Waals surface area contributed by atoms with Crippen LogP contribution in [-0.2, 0) is 4.79 Å². The zero-order chi connectivity index (χ0) is 29.9. The highest BCUT2D eigenvalue weighted by Gasteiger charge is 2.26. The van der Waals surface area contributed by atoms with Crippen LogP contribution in [0.5, 0.6) is 17.2 Å². The van der Waals surface area contributed by atoms with Gasteiger partial charge in [0.05, 0.1) is 33.3 Å². The summed E-state index contributed by atoms with van der Waals surface area (Å²) >= 11 is 0. The van der Waals surface area contributed by atoms with Crippen molar-refractivity contribution >= 4 is 11.9 Å². The highest BCUT2D eigenvalue weighted by atomic mass is 16.5. The second kappa shape index (κ2) is 14.7. The van der Waals surface area contributed by atoms with E-state index in [4.69, 9.17) is 14.2 Å². The van der Waals surface area contributed by atoms with Crippen molar-refractivity contribution in [1.82, 2.24) is 5.32 Å². The average Bonchev–Trinajstić information content (AvgIpc) is 3.02. The summed E-state index contributed by atoms with van der Waals surface area (Å²) in [6, 6.07) is 27.8. The molecule has 0 aliphatic rings. The molecule has 0 radical (unpaired) electrons. The number of carbonyl (C=O) groups is 2. The maximum atomic E-state index is 13.8. The topological polar surface area (TPSA) is 94.1 Å². The number of methoxy groups -OCH3 is 2. The molecule has 2 N–H and O–H groups in total. The first-order valence-electron chi connectivity index (χ1n) is 14.1. The van der Waals surface area contributed by atoms with Gasteiger partial charge in [0.15, 0.2) is 0 Å². The average molecular weight is 568 g/mol. The number of carboxylic acid groups (broad SMARTS) is 1. The van der Waals surface area contributed by atoms with Gasteiger partial charge >= 0.3 is 5.97 Å². The molecule has 4 aromatic carbocycles. The van der Waals surface area contributed by atoms with E-state index in [0.717, 1.165) is 41.7 Å². The number of hydrogen-bond donors (Lipinski definition) is 2. The molecule has 0 heterocycles. The highest BCUT2D eigenvalue weighted by Crippen LogP contribution is 2.39. The second-order valence-electron chi connectivity index (χ2n) is 9.92. The Morgan fingerprint density at radius 3 is 2.07 bits per heavy atom. The van der Waals surface area contributed by atoms with E-state index in [9.17, 15) is 14.7 Å². The van der Waals surface area contributed by atoms with Gasteiger partial charge in [0, 0.05) is 5.56 Å². The molecule has 0 aromatic heterocycles. The van der Waals surface area contributed by atoms with E-state index in [-0.39, 0.29) is 12.0 Å². The fraction of sp³-hybridized carbons (Fsp3) is 0.257. The van der Waals surface area contributed by atoms with Crippen molar-refractivity contribution in [3.05, 3.63) is 102 Å². The SMILES string of the molecule is CCCCCOc1ccc(-c2ccc(OC)c(C(=O)N[C@H](CC(=O)O)c3ccc(-c4ccccc4)cc3)c2OC)cc1. The lowest BCUT2D eigenvalue weighted by atomic mass is 9.97. The molecule has 0 bridgehead atoms. The summed E-state index contributed by atoms with van der Waals surface area (Å²) < 4.78 is 17.1. The second-order valence-corrected chi connectivity index (χ2v) is 9.92. The van der Waals surface area contributed by atoms with Gasteiger partial charge in [-0.2, -0.15) is 0 Å². The van der Waals surface area contributed by atoms with Crippen molar-refractivity contribution in [3.8, 4) is 39.5 Å². The van der Waals surface area contributed by atoms with E-state index in [0.29, 0.717) is 29.2 Å². The third kappa shape index (κ3) is 7.49. The Morgan fingerprint density at radius 2 is 1.45 bits per heavy atom. The van der Waals surface area contributed by atoms with Gasteiger partial charge < -0.3 is 24.6 Å². The monoisotopic (exact) mass is 567 g/mol. The first-order chi connectivity index (χ1) is 20.4. The fourth-order valence-electron chi connectivity index (χ4n) is 4.86. The summed E-state index contributed by atoms with van der Waals surface area (Å²) in [5.41, 5.74) is 4.44. The van der Waals surface area contributed by atoms with Gasteiger partial charge in [0.25, 0.3) is 5.91 Å². The molecule has 0 aliphatic heterocycles. The van der Waals surface area contributed by atoms with Gasteiger partial charge in [-0.1, -0.05) is 86.5 Å². The molecule has 0 fully saturated rings. The predicted molar refractivity (Wildman–Crippen MR) is 164 cm³/mol. The standard InChI is InChI=1S/C35H37NO6/c1-4-5-9-22-42-28-18-16-26(17-19-28)29-20-21-31(40-2)33(34(29)41-3)35(39)36-30(23-32(37)38)27-14-12-25(13-15-27)24-10-7-6-8-11-24/h6-8,10-21,30H,4-5,9,22-23H2,1-3H3,(H,36,39)(H,37,38)/t30-/m1/s1. The van der Waals surface area contributed by atoms with Crippen LogP contribution in [0.1, 0.15) is 54.6 Å². The third-order valence-corrected chi connectivity index (χ3v) is 7.06. The van der Waals surface area contributed by atoms with E-state index >= 15 is 0 Å². The van der Waals surface area contributed by atoms with Gasteiger partial charge in [-0.15, -0.1) is 0 Å². The lowest BCUT2D eigenvalue weighted by molar-refractivity contribution is -0.137.